The molecule has 0 radical (unpaired) electrons. The molecule has 2 aromatic carbocycles. The normalized spacial score (nSPS) is 11.6. The molecule has 0 fully saturated rings. The summed E-state index contributed by atoms with van der Waals surface area (Å²) in [4.78, 5) is 37.5. The number of benzene rings is 2. The van der Waals surface area contributed by atoms with E-state index in [9.17, 15) is 9.59 Å². The molecule has 0 aliphatic carbocycles. The first-order valence-electron chi connectivity index (χ1n) is 10.2. The number of para-hydroxylation sites is 1. The van der Waals surface area contributed by atoms with Crippen LogP contribution in [0.5, 0.6) is 0 Å². The topological polar surface area (TPSA) is 132 Å². The van der Waals surface area contributed by atoms with Gasteiger partial charge in [0.2, 0.25) is 11.9 Å². The maximum absolute atomic E-state index is 12.7. The molecule has 0 saturated heterocycles. The smallest absolute Gasteiger partial charge is 0.329 e. The zero-order chi connectivity index (χ0) is 23.1. The molecule has 4 N–H and O–H groups in total. The van der Waals surface area contributed by atoms with Crippen molar-refractivity contribution in [3.05, 3.63) is 71.5 Å². The molecule has 9 heteroatoms. The van der Waals surface area contributed by atoms with Gasteiger partial charge in [-0.25, -0.2) is 4.79 Å². The summed E-state index contributed by atoms with van der Waals surface area (Å²) in [6, 6.07) is 15.5. The number of ether oxygens (including phenoxy) is 1. The Morgan fingerprint density at radius 3 is 2.38 bits per heavy atom. The van der Waals surface area contributed by atoms with Crippen molar-refractivity contribution >= 4 is 29.5 Å². The average molecular weight is 435 g/mol. The summed E-state index contributed by atoms with van der Waals surface area (Å²) in [6.45, 7) is 5.38. The van der Waals surface area contributed by atoms with Crippen molar-refractivity contribution in [2.24, 2.45) is 5.92 Å². The third-order valence-electron chi connectivity index (χ3n) is 4.68. The van der Waals surface area contributed by atoms with Crippen LogP contribution < -0.4 is 16.4 Å². The number of nitrogens with one attached hydrogen (secondary N) is 2. The van der Waals surface area contributed by atoms with Gasteiger partial charge < -0.3 is 21.1 Å². The SMILES string of the molecule is Cc1ccccc1Nc1nc(N)nc(COC(=O)C(NC(=O)c2ccccc2)C(C)C)n1. The number of nitrogens with two attached hydrogens (primary N) is 1. The van der Waals surface area contributed by atoms with Crippen LogP contribution in [0, 0.1) is 12.8 Å². The van der Waals surface area contributed by atoms with Crippen molar-refractivity contribution in [1.82, 2.24) is 20.3 Å². The fourth-order valence-electron chi connectivity index (χ4n) is 2.93. The quantitative estimate of drug-likeness (QED) is 0.461. The number of hydrogen-bond acceptors (Lipinski definition) is 8. The van der Waals surface area contributed by atoms with Crippen molar-refractivity contribution in [2.45, 2.75) is 33.4 Å². The van der Waals surface area contributed by atoms with E-state index in [1.165, 1.54) is 0 Å². The number of carbonyl (C=O) groups excluding carboxylic acids is 2. The lowest BCUT2D eigenvalue weighted by molar-refractivity contribution is -0.148. The summed E-state index contributed by atoms with van der Waals surface area (Å²) in [6.07, 6.45) is 0. The lowest BCUT2D eigenvalue weighted by Crippen LogP contribution is -2.45. The molecule has 0 saturated carbocycles. The van der Waals surface area contributed by atoms with E-state index in [1.807, 2.05) is 51.1 Å². The van der Waals surface area contributed by atoms with Gasteiger partial charge in [0, 0.05) is 11.3 Å². The number of nitrogens with zero attached hydrogens (tertiary/aromatic N) is 3. The summed E-state index contributed by atoms with van der Waals surface area (Å²) in [7, 11) is 0. The molecular formula is C23H26N6O3. The van der Waals surface area contributed by atoms with E-state index in [-0.39, 0.29) is 36.2 Å². The lowest BCUT2D eigenvalue weighted by Gasteiger charge is -2.20. The number of anilines is 3. The second-order valence-corrected chi connectivity index (χ2v) is 7.54. The fourth-order valence-corrected chi connectivity index (χ4v) is 2.93. The number of aromatic nitrogens is 3. The Hall–Kier alpha value is -4.01. The van der Waals surface area contributed by atoms with Gasteiger partial charge in [0.15, 0.2) is 12.4 Å². The van der Waals surface area contributed by atoms with Crippen molar-refractivity contribution < 1.29 is 14.3 Å². The van der Waals surface area contributed by atoms with Crippen molar-refractivity contribution in [3.63, 3.8) is 0 Å². The molecule has 1 unspecified atom stereocenters. The molecule has 3 aromatic rings. The van der Waals surface area contributed by atoms with Crippen molar-refractivity contribution in [2.75, 3.05) is 11.1 Å². The Morgan fingerprint density at radius 1 is 1.00 bits per heavy atom. The largest absolute Gasteiger partial charge is 0.456 e. The summed E-state index contributed by atoms with van der Waals surface area (Å²) in [5, 5.41) is 5.81. The van der Waals surface area contributed by atoms with Gasteiger partial charge in [-0.15, -0.1) is 0 Å². The van der Waals surface area contributed by atoms with Crippen LogP contribution in [0.25, 0.3) is 0 Å². The number of carbonyl (C=O) groups is 2. The molecule has 166 valence electrons. The first-order valence-corrected chi connectivity index (χ1v) is 10.2. The van der Waals surface area contributed by atoms with Crippen LogP contribution in [0.4, 0.5) is 17.6 Å². The number of esters is 1. The average Bonchev–Trinajstić information content (AvgIpc) is 2.77. The Bertz CT molecular complexity index is 1090. The van der Waals surface area contributed by atoms with Gasteiger partial charge in [0.25, 0.3) is 5.91 Å². The second-order valence-electron chi connectivity index (χ2n) is 7.54. The highest BCUT2D eigenvalue weighted by Gasteiger charge is 2.26. The molecule has 0 spiro atoms. The third kappa shape index (κ3) is 6.00. The molecule has 1 amide bonds. The molecule has 3 rings (SSSR count). The standard InChI is InChI=1S/C23H26N6O3/c1-14(2)19(28-20(30)16-10-5-4-6-11-16)21(31)32-13-18-26-22(24)29-23(27-18)25-17-12-8-7-9-15(17)3/h4-12,14,19H,13H2,1-3H3,(H,28,30)(H3,24,25,26,27,29). The molecule has 0 aliphatic heterocycles. The van der Waals surface area contributed by atoms with Crippen LogP contribution in [0.1, 0.15) is 35.6 Å². The summed E-state index contributed by atoms with van der Waals surface area (Å²) >= 11 is 0. The Labute approximate surface area is 186 Å². The van der Waals surface area contributed by atoms with Crippen LogP contribution in [0.2, 0.25) is 0 Å². The minimum atomic E-state index is -0.827. The zero-order valence-corrected chi connectivity index (χ0v) is 18.2. The maximum Gasteiger partial charge on any atom is 0.329 e. The first kappa shape index (κ1) is 22.7. The molecule has 32 heavy (non-hydrogen) atoms. The number of amides is 1. The highest BCUT2D eigenvalue weighted by Crippen LogP contribution is 2.18. The van der Waals surface area contributed by atoms with E-state index >= 15 is 0 Å². The Morgan fingerprint density at radius 2 is 1.69 bits per heavy atom. The molecule has 0 aliphatic rings. The molecule has 0 bridgehead atoms. The van der Waals surface area contributed by atoms with E-state index < -0.39 is 12.0 Å². The monoisotopic (exact) mass is 434 g/mol. The van der Waals surface area contributed by atoms with Gasteiger partial charge in [0.05, 0.1) is 0 Å². The number of nitrogen functional groups attached to an aromatic ring is 1. The highest BCUT2D eigenvalue weighted by molar-refractivity contribution is 5.96. The molecule has 9 nitrogen and oxygen atoms in total. The minimum absolute atomic E-state index is 0.0000712. The van der Waals surface area contributed by atoms with Crippen LogP contribution >= 0.6 is 0 Å². The molecule has 1 heterocycles. The van der Waals surface area contributed by atoms with E-state index in [2.05, 4.69) is 25.6 Å². The van der Waals surface area contributed by atoms with Crippen molar-refractivity contribution in [1.29, 1.82) is 0 Å². The second kappa shape index (κ2) is 10.3. The predicted molar refractivity (Wildman–Crippen MR) is 121 cm³/mol. The molecular weight excluding hydrogens is 408 g/mol. The molecule has 1 atom stereocenters. The van der Waals surface area contributed by atoms with E-state index in [0.717, 1.165) is 11.3 Å². The zero-order valence-electron chi connectivity index (χ0n) is 18.2. The van der Waals surface area contributed by atoms with Crippen LogP contribution in [-0.2, 0) is 16.1 Å². The van der Waals surface area contributed by atoms with Gasteiger partial charge in [-0.05, 0) is 36.6 Å². The van der Waals surface area contributed by atoms with Crippen LogP contribution in [0.15, 0.2) is 54.6 Å². The fraction of sp³-hybridized carbons (Fsp3) is 0.261. The van der Waals surface area contributed by atoms with Crippen molar-refractivity contribution in [3.8, 4) is 0 Å². The number of hydrogen-bond donors (Lipinski definition) is 3. The molecule has 1 aromatic heterocycles. The van der Waals surface area contributed by atoms with E-state index in [0.29, 0.717) is 5.56 Å². The summed E-state index contributed by atoms with van der Waals surface area (Å²) < 4.78 is 5.38. The van der Waals surface area contributed by atoms with E-state index in [1.54, 1.807) is 24.3 Å². The Balaban J connectivity index is 1.66. The highest BCUT2D eigenvalue weighted by atomic mass is 16.5. The number of rotatable bonds is 8. The third-order valence-corrected chi connectivity index (χ3v) is 4.68. The maximum atomic E-state index is 12.7. The summed E-state index contributed by atoms with van der Waals surface area (Å²) in [5.74, 6) is -0.682. The van der Waals surface area contributed by atoms with Gasteiger partial charge in [-0.1, -0.05) is 50.2 Å². The van der Waals surface area contributed by atoms with E-state index in [4.69, 9.17) is 10.5 Å². The predicted octanol–water partition coefficient (Wildman–Crippen LogP) is 3.00. The first-order chi connectivity index (χ1) is 15.3. The van der Waals surface area contributed by atoms with Crippen LogP contribution in [0.3, 0.4) is 0 Å². The summed E-state index contributed by atoms with van der Waals surface area (Å²) in [5.41, 5.74) is 8.09. The Kier molecular flexibility index (Phi) is 7.33. The number of aryl methyl sites for hydroxylation is 1. The van der Waals surface area contributed by atoms with Gasteiger partial charge in [-0.2, -0.15) is 15.0 Å². The van der Waals surface area contributed by atoms with Gasteiger partial charge in [-0.3, -0.25) is 4.79 Å². The van der Waals surface area contributed by atoms with Gasteiger partial charge >= 0.3 is 5.97 Å². The lowest BCUT2D eigenvalue weighted by atomic mass is 10.0. The van der Waals surface area contributed by atoms with Crippen LogP contribution in [-0.4, -0.2) is 32.9 Å². The van der Waals surface area contributed by atoms with Gasteiger partial charge in [0.1, 0.15) is 6.04 Å². The minimum Gasteiger partial charge on any atom is -0.456 e.